The molecule has 0 radical (unpaired) electrons. The molecule has 0 aliphatic heterocycles. The number of amides is 1. The molecule has 0 atom stereocenters. The van der Waals surface area contributed by atoms with Gasteiger partial charge in [0.15, 0.2) is 0 Å². The van der Waals surface area contributed by atoms with E-state index in [4.69, 9.17) is 4.52 Å². The second-order valence-corrected chi connectivity index (χ2v) is 7.38. The Morgan fingerprint density at radius 3 is 2.86 bits per heavy atom. The van der Waals surface area contributed by atoms with Gasteiger partial charge in [0.25, 0.3) is 10.0 Å². The quantitative estimate of drug-likeness (QED) is 0.853. The molecule has 1 amide bonds. The maximum absolute atomic E-state index is 11.9. The van der Waals surface area contributed by atoms with Crippen LogP contribution in [0.4, 0.5) is 0 Å². The Labute approximate surface area is 126 Å². The van der Waals surface area contributed by atoms with Crippen molar-refractivity contribution in [2.24, 2.45) is 0 Å². The lowest BCUT2D eigenvalue weighted by molar-refractivity contribution is -0.129. The smallest absolute Gasteiger partial charge is 0.250 e. The van der Waals surface area contributed by atoms with E-state index in [1.54, 1.807) is 31.5 Å². The van der Waals surface area contributed by atoms with Crippen LogP contribution >= 0.6 is 11.3 Å². The van der Waals surface area contributed by atoms with Gasteiger partial charge in [0, 0.05) is 13.1 Å². The molecular weight excluding hydrogens is 314 g/mol. The van der Waals surface area contributed by atoms with Crippen molar-refractivity contribution >= 4 is 27.3 Å². The Morgan fingerprint density at radius 1 is 1.52 bits per heavy atom. The molecule has 1 N–H and O–H groups in total. The van der Waals surface area contributed by atoms with Gasteiger partial charge in [-0.05, 0) is 18.4 Å². The Morgan fingerprint density at radius 2 is 2.29 bits per heavy atom. The van der Waals surface area contributed by atoms with Gasteiger partial charge in [-0.2, -0.15) is 0 Å². The normalized spacial score (nSPS) is 11.5. The number of aryl methyl sites for hydroxylation is 1. The van der Waals surface area contributed by atoms with Crippen molar-refractivity contribution in [3.05, 3.63) is 35.0 Å². The summed E-state index contributed by atoms with van der Waals surface area (Å²) in [4.78, 5) is 13.3. The predicted octanol–water partition coefficient (Wildman–Crippen LogP) is 0.981. The molecule has 0 spiro atoms. The van der Waals surface area contributed by atoms with Crippen molar-refractivity contribution in [1.82, 2.24) is 14.8 Å². The zero-order valence-electron chi connectivity index (χ0n) is 11.6. The first-order valence-corrected chi connectivity index (χ1v) is 8.44. The summed E-state index contributed by atoms with van der Waals surface area (Å²) >= 11 is 1.10. The number of likely N-dealkylation sites (N-methyl/N-ethyl adjacent to an activating group) is 1. The van der Waals surface area contributed by atoms with Crippen LogP contribution in [-0.2, 0) is 21.4 Å². The average Bonchev–Trinajstić information content (AvgIpc) is 3.08. The molecule has 0 aliphatic carbocycles. The number of sulfonamides is 1. The summed E-state index contributed by atoms with van der Waals surface area (Å²) in [6.07, 6.45) is 0. The van der Waals surface area contributed by atoms with Gasteiger partial charge in [-0.3, -0.25) is 4.79 Å². The number of carbonyl (C=O) groups is 1. The van der Waals surface area contributed by atoms with Crippen LogP contribution in [0.25, 0.3) is 0 Å². The predicted molar refractivity (Wildman–Crippen MR) is 77.2 cm³/mol. The van der Waals surface area contributed by atoms with Gasteiger partial charge in [-0.15, -0.1) is 11.3 Å². The third-order valence-electron chi connectivity index (χ3n) is 2.68. The van der Waals surface area contributed by atoms with E-state index in [1.165, 1.54) is 11.0 Å². The summed E-state index contributed by atoms with van der Waals surface area (Å²) < 4.78 is 31.1. The maximum Gasteiger partial charge on any atom is 0.250 e. The van der Waals surface area contributed by atoms with E-state index in [0.717, 1.165) is 11.3 Å². The SMILES string of the molecule is Cc1cc(CN(C)C(=O)CNS(=O)(=O)c2cccs2)no1. The van der Waals surface area contributed by atoms with Crippen LogP contribution in [0.15, 0.2) is 32.3 Å². The minimum atomic E-state index is -3.63. The number of thiophene rings is 1. The summed E-state index contributed by atoms with van der Waals surface area (Å²) in [6, 6.07) is 4.85. The van der Waals surface area contributed by atoms with Gasteiger partial charge < -0.3 is 9.42 Å². The van der Waals surface area contributed by atoms with Gasteiger partial charge in [-0.1, -0.05) is 11.2 Å². The molecule has 0 bridgehead atoms. The molecule has 0 aromatic carbocycles. The van der Waals surface area contributed by atoms with Crippen LogP contribution in [0.3, 0.4) is 0 Å². The Bertz CT molecular complexity index is 707. The summed E-state index contributed by atoms with van der Waals surface area (Å²) in [6.45, 7) is 1.72. The van der Waals surface area contributed by atoms with Gasteiger partial charge in [-0.25, -0.2) is 13.1 Å². The van der Waals surface area contributed by atoms with Gasteiger partial charge in [0.1, 0.15) is 15.7 Å². The Kier molecular flexibility index (Phi) is 4.76. The highest BCUT2D eigenvalue weighted by Gasteiger charge is 2.18. The lowest BCUT2D eigenvalue weighted by Gasteiger charge is -2.15. The molecule has 2 rings (SSSR count). The minimum Gasteiger partial charge on any atom is -0.361 e. The Balaban J connectivity index is 1.89. The van der Waals surface area contributed by atoms with Gasteiger partial charge in [0.2, 0.25) is 5.91 Å². The molecule has 0 saturated carbocycles. The standard InChI is InChI=1S/C12H15N3O4S2/c1-9-6-10(14-19-9)8-15(2)11(16)7-13-21(17,18)12-4-3-5-20-12/h3-6,13H,7-8H2,1-2H3. The van der Waals surface area contributed by atoms with Crippen LogP contribution < -0.4 is 4.72 Å². The van der Waals surface area contributed by atoms with Gasteiger partial charge in [0.05, 0.1) is 13.1 Å². The first-order chi connectivity index (χ1) is 9.88. The van der Waals surface area contributed by atoms with Crippen molar-refractivity contribution in [2.75, 3.05) is 13.6 Å². The third kappa shape index (κ3) is 4.13. The molecule has 2 aromatic heterocycles. The van der Waals surface area contributed by atoms with Crippen molar-refractivity contribution in [2.45, 2.75) is 17.7 Å². The van der Waals surface area contributed by atoms with Crippen molar-refractivity contribution < 1.29 is 17.7 Å². The molecule has 2 aromatic rings. The molecule has 2 heterocycles. The van der Waals surface area contributed by atoms with E-state index in [0.29, 0.717) is 11.5 Å². The molecule has 0 aliphatic rings. The fraction of sp³-hybridized carbons (Fsp3) is 0.333. The van der Waals surface area contributed by atoms with E-state index in [1.807, 2.05) is 0 Å². The first-order valence-electron chi connectivity index (χ1n) is 6.08. The van der Waals surface area contributed by atoms with E-state index in [9.17, 15) is 13.2 Å². The molecule has 21 heavy (non-hydrogen) atoms. The zero-order valence-corrected chi connectivity index (χ0v) is 13.2. The fourth-order valence-electron chi connectivity index (χ4n) is 1.60. The highest BCUT2D eigenvalue weighted by Crippen LogP contribution is 2.15. The van der Waals surface area contributed by atoms with Crippen LogP contribution in [0, 0.1) is 6.92 Å². The molecule has 0 saturated heterocycles. The number of aromatic nitrogens is 1. The maximum atomic E-state index is 11.9. The number of hydrogen-bond acceptors (Lipinski definition) is 6. The number of hydrogen-bond donors (Lipinski definition) is 1. The van der Waals surface area contributed by atoms with E-state index in [-0.39, 0.29) is 23.2 Å². The molecule has 0 unspecified atom stereocenters. The zero-order chi connectivity index (χ0) is 15.5. The minimum absolute atomic E-state index is 0.185. The van der Waals surface area contributed by atoms with E-state index < -0.39 is 10.0 Å². The molecule has 7 nitrogen and oxygen atoms in total. The van der Waals surface area contributed by atoms with Crippen molar-refractivity contribution in [1.29, 1.82) is 0 Å². The summed E-state index contributed by atoms with van der Waals surface area (Å²) in [5.41, 5.74) is 0.615. The van der Waals surface area contributed by atoms with Crippen LogP contribution in [0.2, 0.25) is 0 Å². The fourth-order valence-corrected chi connectivity index (χ4v) is 3.61. The summed E-state index contributed by atoms with van der Waals surface area (Å²) in [7, 11) is -2.05. The van der Waals surface area contributed by atoms with Crippen LogP contribution in [0.5, 0.6) is 0 Å². The Hall–Kier alpha value is -1.71. The lowest BCUT2D eigenvalue weighted by Crippen LogP contribution is -2.37. The van der Waals surface area contributed by atoms with Crippen molar-refractivity contribution in [3.8, 4) is 0 Å². The number of nitrogens with zero attached hydrogens (tertiary/aromatic N) is 2. The molecule has 0 fully saturated rings. The second-order valence-electron chi connectivity index (χ2n) is 4.44. The highest BCUT2D eigenvalue weighted by atomic mass is 32.2. The van der Waals surface area contributed by atoms with E-state index in [2.05, 4.69) is 9.88 Å². The number of rotatable bonds is 6. The summed E-state index contributed by atoms with van der Waals surface area (Å²) in [5.74, 6) is 0.306. The number of carbonyl (C=O) groups excluding carboxylic acids is 1. The monoisotopic (exact) mass is 329 g/mol. The lowest BCUT2D eigenvalue weighted by atomic mass is 10.3. The molecular formula is C12H15N3O4S2. The number of nitrogens with one attached hydrogen (secondary N) is 1. The van der Waals surface area contributed by atoms with Crippen LogP contribution in [0.1, 0.15) is 11.5 Å². The third-order valence-corrected chi connectivity index (χ3v) is 5.47. The molecule has 114 valence electrons. The average molecular weight is 329 g/mol. The van der Waals surface area contributed by atoms with Crippen LogP contribution in [-0.4, -0.2) is 38.0 Å². The van der Waals surface area contributed by atoms with Crippen molar-refractivity contribution in [3.63, 3.8) is 0 Å². The summed E-state index contributed by atoms with van der Waals surface area (Å²) in [5, 5.41) is 5.44. The topological polar surface area (TPSA) is 92.5 Å². The van der Waals surface area contributed by atoms with Gasteiger partial charge >= 0.3 is 0 Å². The second kappa shape index (κ2) is 6.37. The molecule has 9 heteroatoms. The first kappa shape index (κ1) is 15.7. The van der Waals surface area contributed by atoms with E-state index >= 15 is 0 Å². The highest BCUT2D eigenvalue weighted by molar-refractivity contribution is 7.91. The largest absolute Gasteiger partial charge is 0.361 e.